The second kappa shape index (κ2) is 6.08. The molecular weight excluding hydrogens is 282 g/mol. The lowest BCUT2D eigenvalue weighted by Gasteiger charge is -2.05. The zero-order valence-corrected chi connectivity index (χ0v) is 11.8. The van der Waals surface area contributed by atoms with Crippen LogP contribution in [0.4, 0.5) is 0 Å². The van der Waals surface area contributed by atoms with Crippen molar-refractivity contribution < 1.29 is 4.79 Å². The van der Waals surface area contributed by atoms with E-state index in [2.05, 4.69) is 30.4 Å². The van der Waals surface area contributed by atoms with E-state index in [1.54, 1.807) is 23.4 Å². The minimum atomic E-state index is -0.271. The van der Waals surface area contributed by atoms with E-state index in [9.17, 15) is 4.79 Å². The van der Waals surface area contributed by atoms with E-state index in [1.165, 1.54) is 12.5 Å². The van der Waals surface area contributed by atoms with Crippen molar-refractivity contribution in [2.75, 3.05) is 0 Å². The average Bonchev–Trinajstić information content (AvgIpc) is 3.08. The van der Waals surface area contributed by atoms with Crippen molar-refractivity contribution >= 4 is 5.91 Å². The predicted octanol–water partition coefficient (Wildman–Crippen LogP) is 0.691. The maximum absolute atomic E-state index is 11.9. The Bertz CT molecular complexity index is 751. The minimum absolute atomic E-state index is 0.271. The summed E-state index contributed by atoms with van der Waals surface area (Å²) in [5.74, 6) is 0.393. The number of aryl methyl sites for hydroxylation is 1. The molecule has 8 nitrogen and oxygen atoms in total. The summed E-state index contributed by atoms with van der Waals surface area (Å²) in [6.07, 6.45) is 7.70. The molecule has 0 fully saturated rings. The average molecular weight is 295 g/mol. The summed E-state index contributed by atoms with van der Waals surface area (Å²) >= 11 is 0. The number of carbonyl (C=O) groups is 1. The molecule has 0 saturated heterocycles. The molecule has 0 unspecified atom stereocenters. The molecule has 0 aliphatic rings. The zero-order valence-electron chi connectivity index (χ0n) is 11.8. The Morgan fingerprint density at radius 2 is 2.09 bits per heavy atom. The van der Waals surface area contributed by atoms with Crippen molar-refractivity contribution in [1.29, 1.82) is 0 Å². The van der Waals surface area contributed by atoms with Crippen LogP contribution < -0.4 is 5.32 Å². The predicted molar refractivity (Wildman–Crippen MR) is 77.1 cm³/mol. The number of amides is 1. The van der Waals surface area contributed by atoms with Crippen LogP contribution in [0.1, 0.15) is 21.7 Å². The first-order chi connectivity index (χ1) is 10.7. The maximum atomic E-state index is 11.9. The first kappa shape index (κ1) is 13.8. The molecule has 1 N–H and O–H groups in total. The van der Waals surface area contributed by atoms with Crippen LogP contribution >= 0.6 is 0 Å². The molecule has 3 aromatic heterocycles. The Morgan fingerprint density at radius 3 is 2.73 bits per heavy atom. The normalized spacial score (nSPS) is 10.4. The van der Waals surface area contributed by atoms with Crippen LogP contribution in [-0.2, 0) is 6.54 Å². The van der Waals surface area contributed by atoms with Crippen LogP contribution in [0.25, 0.3) is 5.82 Å². The number of hydrogen-bond acceptors (Lipinski definition) is 6. The number of aromatic nitrogens is 6. The number of nitrogens with one attached hydrogen (secondary N) is 1. The summed E-state index contributed by atoms with van der Waals surface area (Å²) in [5.41, 5.74) is 1.93. The van der Waals surface area contributed by atoms with Gasteiger partial charge in [0, 0.05) is 18.9 Å². The maximum Gasteiger partial charge on any atom is 0.271 e. The SMILES string of the molecule is Cc1cnc(C(=O)NCc2ccc(-n3cncn3)nc2)cn1. The fraction of sp³-hybridized carbons (Fsp3) is 0.143. The summed E-state index contributed by atoms with van der Waals surface area (Å²) in [5, 5.41) is 6.77. The molecule has 3 rings (SSSR count). The monoisotopic (exact) mass is 295 g/mol. The van der Waals surface area contributed by atoms with Gasteiger partial charge in [0.05, 0.1) is 11.9 Å². The van der Waals surface area contributed by atoms with Gasteiger partial charge in [0.1, 0.15) is 18.3 Å². The topological polar surface area (TPSA) is 98.5 Å². The molecule has 0 saturated carbocycles. The van der Waals surface area contributed by atoms with Crippen LogP contribution in [0.3, 0.4) is 0 Å². The Labute approximate surface area is 126 Å². The van der Waals surface area contributed by atoms with Gasteiger partial charge >= 0.3 is 0 Å². The van der Waals surface area contributed by atoms with Crippen molar-refractivity contribution in [3.8, 4) is 5.82 Å². The summed E-state index contributed by atoms with van der Waals surface area (Å²) < 4.78 is 1.56. The van der Waals surface area contributed by atoms with Crippen LogP contribution in [0, 0.1) is 6.92 Å². The third-order valence-corrected chi connectivity index (χ3v) is 2.93. The highest BCUT2D eigenvalue weighted by atomic mass is 16.1. The highest BCUT2D eigenvalue weighted by Crippen LogP contribution is 2.04. The fourth-order valence-corrected chi connectivity index (χ4v) is 1.77. The number of hydrogen-bond donors (Lipinski definition) is 1. The third-order valence-electron chi connectivity index (χ3n) is 2.93. The van der Waals surface area contributed by atoms with E-state index < -0.39 is 0 Å². The Balaban J connectivity index is 1.61. The van der Waals surface area contributed by atoms with E-state index >= 15 is 0 Å². The first-order valence-electron chi connectivity index (χ1n) is 6.59. The second-order valence-electron chi connectivity index (χ2n) is 4.59. The van der Waals surface area contributed by atoms with Crippen molar-refractivity contribution in [2.45, 2.75) is 13.5 Å². The second-order valence-corrected chi connectivity index (χ2v) is 4.59. The zero-order chi connectivity index (χ0) is 15.4. The molecule has 0 aromatic carbocycles. The number of nitrogens with zero attached hydrogens (tertiary/aromatic N) is 6. The minimum Gasteiger partial charge on any atom is -0.347 e. The van der Waals surface area contributed by atoms with E-state index in [-0.39, 0.29) is 11.6 Å². The highest BCUT2D eigenvalue weighted by Gasteiger charge is 2.07. The van der Waals surface area contributed by atoms with Crippen LogP contribution in [0.2, 0.25) is 0 Å². The fourth-order valence-electron chi connectivity index (χ4n) is 1.77. The molecule has 0 bridgehead atoms. The molecule has 0 spiro atoms. The smallest absolute Gasteiger partial charge is 0.271 e. The van der Waals surface area contributed by atoms with Gasteiger partial charge in [0.25, 0.3) is 5.91 Å². The van der Waals surface area contributed by atoms with E-state index in [4.69, 9.17) is 0 Å². The lowest BCUT2D eigenvalue weighted by molar-refractivity contribution is 0.0945. The van der Waals surface area contributed by atoms with Gasteiger partial charge < -0.3 is 5.32 Å². The molecule has 3 aromatic rings. The van der Waals surface area contributed by atoms with Gasteiger partial charge in [0.15, 0.2) is 5.82 Å². The van der Waals surface area contributed by atoms with Gasteiger partial charge in [-0.2, -0.15) is 5.10 Å². The van der Waals surface area contributed by atoms with Gasteiger partial charge in [-0.3, -0.25) is 9.78 Å². The summed E-state index contributed by atoms with van der Waals surface area (Å²) in [6.45, 7) is 2.18. The quantitative estimate of drug-likeness (QED) is 0.760. The van der Waals surface area contributed by atoms with Gasteiger partial charge in [0.2, 0.25) is 0 Å². The van der Waals surface area contributed by atoms with Crippen molar-refractivity contribution in [1.82, 2.24) is 35.0 Å². The number of pyridine rings is 1. The number of rotatable bonds is 4. The molecule has 0 aliphatic carbocycles. The van der Waals surface area contributed by atoms with Gasteiger partial charge in [-0.1, -0.05) is 6.07 Å². The van der Waals surface area contributed by atoms with Gasteiger partial charge in [-0.15, -0.1) is 0 Å². The molecule has 110 valence electrons. The highest BCUT2D eigenvalue weighted by molar-refractivity contribution is 5.91. The summed E-state index contributed by atoms with van der Waals surface area (Å²) in [4.78, 5) is 28.1. The molecule has 0 radical (unpaired) electrons. The Kier molecular flexibility index (Phi) is 3.82. The van der Waals surface area contributed by atoms with Gasteiger partial charge in [-0.25, -0.2) is 19.6 Å². The number of carbonyl (C=O) groups excluding carboxylic acids is 1. The van der Waals surface area contributed by atoms with Gasteiger partial charge in [-0.05, 0) is 18.6 Å². The van der Waals surface area contributed by atoms with Crippen LogP contribution in [0.15, 0.2) is 43.4 Å². The van der Waals surface area contributed by atoms with Crippen LogP contribution in [0.5, 0.6) is 0 Å². The first-order valence-corrected chi connectivity index (χ1v) is 6.59. The molecule has 1 amide bonds. The standard InChI is InChI=1S/C14H13N7O/c1-10-4-17-12(7-16-10)14(22)19-6-11-2-3-13(18-5-11)21-9-15-8-20-21/h2-5,7-9H,6H2,1H3,(H,19,22). The van der Waals surface area contributed by atoms with E-state index in [1.807, 2.05) is 19.1 Å². The Morgan fingerprint density at radius 1 is 1.18 bits per heavy atom. The van der Waals surface area contributed by atoms with Crippen molar-refractivity contribution in [3.63, 3.8) is 0 Å². The van der Waals surface area contributed by atoms with Crippen molar-refractivity contribution in [2.24, 2.45) is 0 Å². The third kappa shape index (κ3) is 3.11. The summed E-state index contributed by atoms with van der Waals surface area (Å²) in [6, 6.07) is 3.67. The molecule has 22 heavy (non-hydrogen) atoms. The molecule has 3 heterocycles. The lowest BCUT2D eigenvalue weighted by atomic mass is 10.2. The van der Waals surface area contributed by atoms with Crippen LogP contribution in [-0.4, -0.2) is 35.6 Å². The Hall–Kier alpha value is -3.16. The summed E-state index contributed by atoms with van der Waals surface area (Å²) in [7, 11) is 0. The van der Waals surface area contributed by atoms with Crippen molar-refractivity contribution in [3.05, 3.63) is 60.3 Å². The molecular formula is C14H13N7O. The molecule has 0 aliphatic heterocycles. The lowest BCUT2D eigenvalue weighted by Crippen LogP contribution is -2.24. The molecule has 0 atom stereocenters. The largest absolute Gasteiger partial charge is 0.347 e. The molecule has 8 heteroatoms. The van der Waals surface area contributed by atoms with E-state index in [0.29, 0.717) is 12.4 Å². The van der Waals surface area contributed by atoms with E-state index in [0.717, 1.165) is 11.3 Å².